The summed E-state index contributed by atoms with van der Waals surface area (Å²) in [4.78, 5) is 30.7. The van der Waals surface area contributed by atoms with Gasteiger partial charge in [0.05, 0.1) is 18.8 Å². The summed E-state index contributed by atoms with van der Waals surface area (Å²) >= 11 is 0. The van der Waals surface area contributed by atoms with Crippen LogP contribution in [0.15, 0.2) is 78.9 Å². The molecule has 2 heterocycles. The number of fused-ring (bicyclic) bond motifs is 1. The van der Waals surface area contributed by atoms with Gasteiger partial charge in [0.25, 0.3) is 5.91 Å². The quantitative estimate of drug-likeness (QED) is 0.533. The Hall–Kier alpha value is -3.28. The maximum absolute atomic E-state index is 13.5. The van der Waals surface area contributed by atoms with E-state index in [1.165, 1.54) is 12.8 Å². The van der Waals surface area contributed by atoms with Crippen molar-refractivity contribution in [3.05, 3.63) is 90.0 Å². The van der Waals surface area contributed by atoms with Gasteiger partial charge in [-0.05, 0) is 43.1 Å². The monoisotopic (exact) mass is 454 g/mol. The van der Waals surface area contributed by atoms with Gasteiger partial charge in [0.15, 0.2) is 11.4 Å². The summed E-state index contributed by atoms with van der Waals surface area (Å²) in [6, 6.07) is 24.6. The molecule has 3 aromatic rings. The minimum Gasteiger partial charge on any atom is -0.375 e. The van der Waals surface area contributed by atoms with Crippen LogP contribution in [0.4, 0.5) is 5.69 Å². The fourth-order valence-electron chi connectivity index (χ4n) is 5.11. The molecule has 0 spiro atoms. The van der Waals surface area contributed by atoms with Crippen molar-refractivity contribution in [3.8, 4) is 11.1 Å². The Morgan fingerprint density at radius 2 is 1.41 bits per heavy atom. The zero-order chi connectivity index (χ0) is 23.5. The first-order valence-electron chi connectivity index (χ1n) is 12.1. The molecule has 34 heavy (non-hydrogen) atoms. The average Bonchev–Trinajstić information content (AvgIpc) is 3.05. The van der Waals surface area contributed by atoms with Gasteiger partial charge in [0.1, 0.15) is 0 Å². The molecule has 0 radical (unpaired) electrons. The molecule has 1 atom stereocenters. The lowest BCUT2D eigenvalue weighted by molar-refractivity contribution is -0.136. The molecule has 1 N–H and O–H groups in total. The second-order valence-electron chi connectivity index (χ2n) is 9.33. The van der Waals surface area contributed by atoms with Crippen molar-refractivity contribution >= 4 is 17.4 Å². The van der Waals surface area contributed by atoms with E-state index in [-0.39, 0.29) is 12.2 Å². The lowest BCUT2D eigenvalue weighted by Gasteiger charge is -2.28. The summed E-state index contributed by atoms with van der Waals surface area (Å²) in [6.07, 6.45) is 4.38. The SMILES string of the molecule is O=C(CC1(O)C(=O)N(CN2CCCCCC2)c2ccccc21)c1ccc(-c2ccccc2)cc1. The second kappa shape index (κ2) is 9.53. The number of hydrogen-bond acceptors (Lipinski definition) is 4. The Balaban J connectivity index is 1.37. The number of nitrogens with zero attached hydrogens (tertiary/aromatic N) is 2. The van der Waals surface area contributed by atoms with E-state index in [1.807, 2.05) is 60.7 Å². The molecule has 5 nitrogen and oxygen atoms in total. The Bertz CT molecular complexity index is 1170. The zero-order valence-electron chi connectivity index (χ0n) is 19.3. The zero-order valence-corrected chi connectivity index (χ0v) is 19.3. The maximum Gasteiger partial charge on any atom is 0.265 e. The summed E-state index contributed by atoms with van der Waals surface area (Å²) in [5, 5.41) is 11.6. The van der Waals surface area contributed by atoms with Crippen molar-refractivity contribution in [2.24, 2.45) is 0 Å². The minimum absolute atomic E-state index is 0.248. The fraction of sp³-hybridized carbons (Fsp3) is 0.310. The van der Waals surface area contributed by atoms with E-state index in [2.05, 4.69) is 4.90 Å². The summed E-state index contributed by atoms with van der Waals surface area (Å²) in [5.74, 6) is -0.658. The van der Waals surface area contributed by atoms with Crippen LogP contribution < -0.4 is 4.90 Å². The summed E-state index contributed by atoms with van der Waals surface area (Å²) in [6.45, 7) is 2.33. The molecule has 5 rings (SSSR count). The number of ketones is 1. The van der Waals surface area contributed by atoms with Crippen molar-refractivity contribution < 1.29 is 14.7 Å². The largest absolute Gasteiger partial charge is 0.375 e. The second-order valence-corrected chi connectivity index (χ2v) is 9.33. The number of likely N-dealkylation sites (tertiary alicyclic amines) is 1. The van der Waals surface area contributed by atoms with Crippen molar-refractivity contribution in [2.45, 2.75) is 37.7 Å². The Morgan fingerprint density at radius 3 is 2.12 bits per heavy atom. The van der Waals surface area contributed by atoms with Crippen LogP contribution in [0.2, 0.25) is 0 Å². The summed E-state index contributed by atoms with van der Waals surface area (Å²) < 4.78 is 0. The van der Waals surface area contributed by atoms with E-state index < -0.39 is 11.5 Å². The molecule has 0 bridgehead atoms. The molecule has 174 valence electrons. The highest BCUT2D eigenvalue weighted by atomic mass is 16.3. The molecule has 0 aromatic heterocycles. The Labute approximate surface area is 200 Å². The third-order valence-electron chi connectivity index (χ3n) is 7.01. The highest BCUT2D eigenvalue weighted by molar-refractivity contribution is 6.10. The van der Waals surface area contributed by atoms with Crippen molar-refractivity contribution in [1.29, 1.82) is 0 Å². The van der Waals surface area contributed by atoms with E-state index in [0.717, 1.165) is 37.1 Å². The van der Waals surface area contributed by atoms with Gasteiger partial charge in [-0.25, -0.2) is 0 Å². The molecule has 0 aliphatic carbocycles. The number of hydrogen-bond donors (Lipinski definition) is 1. The smallest absolute Gasteiger partial charge is 0.265 e. The number of aliphatic hydroxyl groups is 1. The lowest BCUT2D eigenvalue weighted by atomic mass is 9.88. The molecule has 1 saturated heterocycles. The molecule has 2 aliphatic rings. The number of anilines is 1. The molecular weight excluding hydrogens is 424 g/mol. The number of carbonyl (C=O) groups excluding carboxylic acids is 2. The van der Waals surface area contributed by atoms with Crippen molar-refractivity contribution in [3.63, 3.8) is 0 Å². The van der Waals surface area contributed by atoms with Gasteiger partial charge in [0.2, 0.25) is 0 Å². The van der Waals surface area contributed by atoms with Gasteiger partial charge >= 0.3 is 0 Å². The number of amides is 1. The van der Waals surface area contributed by atoms with E-state index in [9.17, 15) is 14.7 Å². The van der Waals surface area contributed by atoms with Crippen LogP contribution in [0.1, 0.15) is 48.0 Å². The van der Waals surface area contributed by atoms with Crippen LogP contribution in [0.5, 0.6) is 0 Å². The number of para-hydroxylation sites is 1. The fourth-order valence-corrected chi connectivity index (χ4v) is 5.11. The number of Topliss-reactive ketones (excluding diaryl/α,β-unsaturated/α-hetero) is 1. The molecule has 1 amide bonds. The van der Waals surface area contributed by atoms with Gasteiger partial charge in [-0.3, -0.25) is 19.4 Å². The molecule has 2 aliphatic heterocycles. The van der Waals surface area contributed by atoms with Crippen LogP contribution in [0, 0.1) is 0 Å². The molecule has 1 fully saturated rings. The van der Waals surface area contributed by atoms with E-state index in [0.29, 0.717) is 23.5 Å². The molecule has 3 aromatic carbocycles. The van der Waals surface area contributed by atoms with E-state index in [1.54, 1.807) is 23.1 Å². The van der Waals surface area contributed by atoms with Crippen LogP contribution in [0.25, 0.3) is 11.1 Å². The predicted molar refractivity (Wildman–Crippen MR) is 134 cm³/mol. The Kier molecular flexibility index (Phi) is 6.31. The number of carbonyl (C=O) groups is 2. The molecule has 0 saturated carbocycles. The minimum atomic E-state index is -1.85. The van der Waals surface area contributed by atoms with Crippen molar-refractivity contribution in [2.75, 3.05) is 24.7 Å². The van der Waals surface area contributed by atoms with E-state index >= 15 is 0 Å². The third-order valence-corrected chi connectivity index (χ3v) is 7.01. The Morgan fingerprint density at radius 1 is 0.794 bits per heavy atom. The third kappa shape index (κ3) is 4.29. The normalized spacial score (nSPS) is 20.7. The predicted octanol–water partition coefficient (Wildman–Crippen LogP) is 4.99. The molecule has 5 heteroatoms. The first-order valence-corrected chi connectivity index (χ1v) is 12.1. The average molecular weight is 455 g/mol. The molecule has 1 unspecified atom stereocenters. The van der Waals surface area contributed by atoms with Gasteiger partial charge in [-0.2, -0.15) is 0 Å². The van der Waals surface area contributed by atoms with Crippen LogP contribution >= 0.6 is 0 Å². The lowest BCUT2D eigenvalue weighted by Crippen LogP contribution is -2.46. The van der Waals surface area contributed by atoms with Gasteiger partial charge in [-0.1, -0.05) is 85.6 Å². The first-order chi connectivity index (χ1) is 16.6. The van der Waals surface area contributed by atoms with Gasteiger partial charge in [-0.15, -0.1) is 0 Å². The van der Waals surface area contributed by atoms with Gasteiger partial charge < -0.3 is 5.11 Å². The maximum atomic E-state index is 13.5. The summed E-state index contributed by atoms with van der Waals surface area (Å²) in [7, 11) is 0. The highest BCUT2D eigenvalue weighted by Crippen LogP contribution is 2.43. The van der Waals surface area contributed by atoms with Crippen molar-refractivity contribution in [1.82, 2.24) is 4.90 Å². The van der Waals surface area contributed by atoms with E-state index in [4.69, 9.17) is 0 Å². The highest BCUT2D eigenvalue weighted by Gasteiger charge is 2.51. The topological polar surface area (TPSA) is 60.9 Å². The molecular formula is C29H30N2O3. The number of rotatable bonds is 6. The van der Waals surface area contributed by atoms with Crippen LogP contribution in [0.3, 0.4) is 0 Å². The standard InChI is InChI=1S/C29H30N2O3/c32-27(24-16-14-23(15-17-24)22-10-4-3-5-11-22)20-29(34)25-12-6-7-13-26(25)31(28(29)33)21-30-18-8-1-2-9-19-30/h3-7,10-17,34H,1-2,8-9,18-21H2. The number of benzene rings is 3. The van der Waals surface area contributed by atoms with Crippen LogP contribution in [-0.2, 0) is 10.4 Å². The summed E-state index contributed by atoms with van der Waals surface area (Å²) in [5.41, 5.74) is 1.95. The van der Waals surface area contributed by atoms with Gasteiger partial charge in [0, 0.05) is 11.1 Å². The first kappa shape index (κ1) is 22.5. The van der Waals surface area contributed by atoms with Crippen LogP contribution in [-0.4, -0.2) is 41.5 Å².